The molecule has 1 aliphatic rings. The van der Waals surface area contributed by atoms with Crippen molar-refractivity contribution >= 4 is 5.57 Å². The average Bonchev–Trinajstić information content (AvgIpc) is 3.17. The number of aryl methyl sites for hydroxylation is 1. The van der Waals surface area contributed by atoms with Gasteiger partial charge in [0.25, 0.3) is 0 Å². The first-order chi connectivity index (χ1) is 9.86. The van der Waals surface area contributed by atoms with Gasteiger partial charge in [-0.3, -0.25) is 0 Å². The predicted molar refractivity (Wildman–Crippen MR) is 82.6 cm³/mol. The molecule has 2 heteroatoms. The second kappa shape index (κ2) is 5.91. The highest BCUT2D eigenvalue weighted by molar-refractivity contribution is 5.71. The third-order valence-electron chi connectivity index (χ3n) is 3.77. The molecule has 2 nitrogen and oxygen atoms in total. The standard InChI is InChI=1S/C18H21N2/c1-2-3-12-19-13-14-20(15-19)18-10-8-17(9-11-18)16-6-4-5-7-16/h4-6,8-11,13-15H,2-3,7,12H2,1H3/q+1. The summed E-state index contributed by atoms with van der Waals surface area (Å²) >= 11 is 0. The zero-order valence-corrected chi connectivity index (χ0v) is 12.0. The molecule has 0 amide bonds. The van der Waals surface area contributed by atoms with E-state index in [1.54, 1.807) is 0 Å². The van der Waals surface area contributed by atoms with Crippen LogP contribution in [0.4, 0.5) is 0 Å². The van der Waals surface area contributed by atoms with E-state index in [9.17, 15) is 0 Å². The highest BCUT2D eigenvalue weighted by Crippen LogP contribution is 2.23. The lowest BCUT2D eigenvalue weighted by Crippen LogP contribution is -2.30. The fourth-order valence-corrected chi connectivity index (χ4v) is 2.53. The molecule has 1 aromatic carbocycles. The summed E-state index contributed by atoms with van der Waals surface area (Å²) < 4.78 is 4.43. The maximum Gasteiger partial charge on any atom is 0.248 e. The van der Waals surface area contributed by atoms with E-state index in [2.05, 4.69) is 77.3 Å². The van der Waals surface area contributed by atoms with Gasteiger partial charge in [-0.2, -0.15) is 0 Å². The van der Waals surface area contributed by atoms with Crippen LogP contribution in [0.1, 0.15) is 31.7 Å². The van der Waals surface area contributed by atoms with Crippen molar-refractivity contribution in [2.45, 2.75) is 32.7 Å². The second-order valence-corrected chi connectivity index (χ2v) is 5.28. The Morgan fingerprint density at radius 1 is 1.20 bits per heavy atom. The van der Waals surface area contributed by atoms with Crippen molar-refractivity contribution in [3.63, 3.8) is 0 Å². The molecule has 0 aliphatic heterocycles. The Balaban J connectivity index is 1.75. The molecule has 1 heterocycles. The second-order valence-electron chi connectivity index (χ2n) is 5.28. The number of hydrogen-bond acceptors (Lipinski definition) is 0. The van der Waals surface area contributed by atoms with Crippen LogP contribution >= 0.6 is 0 Å². The number of hydrogen-bond donors (Lipinski definition) is 0. The fraction of sp³-hybridized carbons (Fsp3) is 0.278. The number of nitrogens with zero attached hydrogens (tertiary/aromatic N) is 2. The average molecular weight is 265 g/mol. The third kappa shape index (κ3) is 2.74. The van der Waals surface area contributed by atoms with E-state index < -0.39 is 0 Å². The van der Waals surface area contributed by atoms with E-state index in [4.69, 9.17) is 0 Å². The van der Waals surface area contributed by atoms with Crippen LogP contribution in [0.15, 0.2) is 61.2 Å². The van der Waals surface area contributed by atoms with E-state index in [0.29, 0.717) is 0 Å². The number of allylic oxidation sites excluding steroid dienone is 4. The Bertz CT molecular complexity index is 630. The molecule has 0 atom stereocenters. The highest BCUT2D eigenvalue weighted by atomic mass is 15.1. The molecule has 0 fully saturated rings. The molecule has 0 radical (unpaired) electrons. The van der Waals surface area contributed by atoms with Crippen LogP contribution in [-0.4, -0.2) is 4.57 Å². The van der Waals surface area contributed by atoms with E-state index in [1.807, 2.05) is 0 Å². The maximum absolute atomic E-state index is 2.25. The lowest BCUT2D eigenvalue weighted by Gasteiger charge is -2.02. The van der Waals surface area contributed by atoms with Gasteiger partial charge in [-0.15, -0.1) is 0 Å². The number of imidazole rings is 1. The Kier molecular flexibility index (Phi) is 3.82. The molecule has 0 unspecified atom stereocenters. The summed E-state index contributed by atoms with van der Waals surface area (Å²) in [5.74, 6) is 0. The zero-order chi connectivity index (χ0) is 13.8. The highest BCUT2D eigenvalue weighted by Gasteiger charge is 2.08. The first kappa shape index (κ1) is 12.9. The van der Waals surface area contributed by atoms with Crippen molar-refractivity contribution in [1.82, 2.24) is 4.57 Å². The van der Waals surface area contributed by atoms with Gasteiger partial charge in [0.05, 0.1) is 6.54 Å². The predicted octanol–water partition coefficient (Wildman–Crippen LogP) is 3.91. The summed E-state index contributed by atoms with van der Waals surface area (Å²) in [6.45, 7) is 3.32. The molecule has 0 bridgehead atoms. The Morgan fingerprint density at radius 2 is 2.05 bits per heavy atom. The van der Waals surface area contributed by atoms with E-state index >= 15 is 0 Å². The normalized spacial score (nSPS) is 13.8. The first-order valence-electron chi connectivity index (χ1n) is 7.40. The van der Waals surface area contributed by atoms with Gasteiger partial charge in [-0.05, 0) is 36.1 Å². The third-order valence-corrected chi connectivity index (χ3v) is 3.77. The van der Waals surface area contributed by atoms with Crippen LogP contribution < -0.4 is 4.57 Å². The molecule has 0 saturated carbocycles. The molecular formula is C18H21N2+. The molecule has 0 spiro atoms. The minimum atomic E-state index is 1.06. The largest absolute Gasteiger partial charge is 0.248 e. The minimum absolute atomic E-state index is 1.06. The smallest absolute Gasteiger partial charge is 0.236 e. The van der Waals surface area contributed by atoms with Gasteiger partial charge >= 0.3 is 0 Å². The molecule has 20 heavy (non-hydrogen) atoms. The molecule has 1 aromatic heterocycles. The fourth-order valence-electron chi connectivity index (χ4n) is 2.53. The van der Waals surface area contributed by atoms with Crippen molar-refractivity contribution in [1.29, 1.82) is 0 Å². The molecule has 102 valence electrons. The lowest BCUT2D eigenvalue weighted by molar-refractivity contribution is -0.696. The van der Waals surface area contributed by atoms with Gasteiger partial charge in [0, 0.05) is 0 Å². The Hall–Kier alpha value is -2.09. The summed E-state index contributed by atoms with van der Waals surface area (Å²) in [5.41, 5.74) is 3.95. The summed E-state index contributed by atoms with van der Waals surface area (Å²) in [6, 6.07) is 8.81. The zero-order valence-electron chi connectivity index (χ0n) is 12.0. The molecule has 2 aromatic rings. The van der Waals surface area contributed by atoms with Crippen molar-refractivity contribution in [3.8, 4) is 5.69 Å². The number of benzene rings is 1. The molecule has 0 N–H and O–H groups in total. The molecule has 0 saturated heterocycles. The molecule has 1 aliphatic carbocycles. The van der Waals surface area contributed by atoms with Crippen LogP contribution in [0.5, 0.6) is 0 Å². The summed E-state index contributed by atoms with van der Waals surface area (Å²) in [5, 5.41) is 0. The first-order valence-corrected chi connectivity index (χ1v) is 7.40. The van der Waals surface area contributed by atoms with Crippen LogP contribution in [0, 0.1) is 0 Å². The molecular weight excluding hydrogens is 244 g/mol. The van der Waals surface area contributed by atoms with Crippen molar-refractivity contribution in [3.05, 3.63) is 66.8 Å². The number of unbranched alkanes of at least 4 members (excludes halogenated alkanes) is 1. The maximum atomic E-state index is 2.25. The van der Waals surface area contributed by atoms with Gasteiger partial charge in [-0.25, -0.2) is 9.13 Å². The van der Waals surface area contributed by atoms with Gasteiger partial charge < -0.3 is 0 Å². The van der Waals surface area contributed by atoms with Gasteiger partial charge in [0.15, 0.2) is 0 Å². The van der Waals surface area contributed by atoms with Crippen molar-refractivity contribution in [2.24, 2.45) is 0 Å². The van der Waals surface area contributed by atoms with Crippen LogP contribution in [-0.2, 0) is 6.54 Å². The monoisotopic (exact) mass is 265 g/mol. The van der Waals surface area contributed by atoms with Gasteiger partial charge in [0.1, 0.15) is 18.1 Å². The summed E-state index contributed by atoms with van der Waals surface area (Å²) in [7, 11) is 0. The number of aromatic nitrogens is 2. The topological polar surface area (TPSA) is 8.81 Å². The van der Waals surface area contributed by atoms with Gasteiger partial charge in [0.2, 0.25) is 6.33 Å². The van der Waals surface area contributed by atoms with Crippen molar-refractivity contribution < 1.29 is 4.57 Å². The van der Waals surface area contributed by atoms with Crippen LogP contribution in [0.2, 0.25) is 0 Å². The SMILES string of the molecule is CCCC[n+]1ccn(-c2ccc(C3=CC=CC3)cc2)c1. The van der Waals surface area contributed by atoms with E-state index in [0.717, 1.165) is 13.0 Å². The van der Waals surface area contributed by atoms with E-state index in [1.165, 1.54) is 29.7 Å². The number of rotatable bonds is 5. The molecule has 3 rings (SSSR count). The van der Waals surface area contributed by atoms with Gasteiger partial charge in [-0.1, -0.05) is 43.7 Å². The quantitative estimate of drug-likeness (QED) is 0.725. The van der Waals surface area contributed by atoms with E-state index in [-0.39, 0.29) is 0 Å². The van der Waals surface area contributed by atoms with Crippen LogP contribution in [0.25, 0.3) is 11.3 Å². The Morgan fingerprint density at radius 3 is 2.75 bits per heavy atom. The van der Waals surface area contributed by atoms with Crippen molar-refractivity contribution in [2.75, 3.05) is 0 Å². The van der Waals surface area contributed by atoms with Crippen LogP contribution in [0.3, 0.4) is 0 Å². The summed E-state index contributed by atoms with van der Waals surface area (Å²) in [4.78, 5) is 0. The summed E-state index contributed by atoms with van der Waals surface area (Å²) in [6.07, 6.45) is 16.5. The lowest BCUT2D eigenvalue weighted by atomic mass is 10.1. The minimum Gasteiger partial charge on any atom is -0.236 e. The Labute approximate surface area is 120 Å².